The summed E-state index contributed by atoms with van der Waals surface area (Å²) in [5, 5.41) is 2.33. The second-order valence-corrected chi connectivity index (χ2v) is 8.03. The van der Waals surface area contributed by atoms with Crippen LogP contribution < -0.4 is 10.7 Å². The molecule has 2 rings (SSSR count). The molecule has 1 saturated heterocycles. The van der Waals surface area contributed by atoms with Crippen LogP contribution in [-0.4, -0.2) is 41.8 Å². The van der Waals surface area contributed by atoms with Crippen LogP contribution in [0, 0.1) is 0 Å². The summed E-state index contributed by atoms with van der Waals surface area (Å²) in [6, 6.07) is 0.0439. The molecule has 0 radical (unpaired) electrons. The molecule has 0 unspecified atom stereocenters. The number of esters is 2. The predicted octanol–water partition coefficient (Wildman–Crippen LogP) is 0.877. The summed E-state index contributed by atoms with van der Waals surface area (Å²) < 4.78 is 11.2. The Hall–Kier alpha value is -2.15. The number of aromatic nitrogens is 1. The third-order valence-electron chi connectivity index (χ3n) is 4.58. The van der Waals surface area contributed by atoms with Crippen LogP contribution in [0.5, 0.6) is 0 Å². The summed E-state index contributed by atoms with van der Waals surface area (Å²) in [6.07, 6.45) is 4.65. The lowest BCUT2D eigenvalue weighted by molar-refractivity contribution is -0.789. The van der Waals surface area contributed by atoms with E-state index in [-0.39, 0.29) is 28.2 Å². The van der Waals surface area contributed by atoms with Gasteiger partial charge < -0.3 is 19.4 Å². The molecular weight excluding hydrogens is 324 g/mol. The smallest absolute Gasteiger partial charge is 0.343 e. The first-order valence-electron chi connectivity index (χ1n) is 8.29. The monoisotopic (exact) mass is 351 g/mol. The van der Waals surface area contributed by atoms with Gasteiger partial charge in [0.05, 0.1) is 25.3 Å². The van der Waals surface area contributed by atoms with E-state index in [2.05, 4.69) is 33.0 Å². The summed E-state index contributed by atoms with van der Waals surface area (Å²) in [5.74, 6) is -1.52. The average molecular weight is 351 g/mol. The maximum Gasteiger partial charge on any atom is 0.343 e. The molecule has 0 aromatic carbocycles. The summed E-state index contributed by atoms with van der Waals surface area (Å²) >= 11 is 0. The summed E-state index contributed by atoms with van der Waals surface area (Å²) in [6.45, 7) is 8.63. The van der Waals surface area contributed by atoms with E-state index in [9.17, 15) is 14.4 Å². The van der Waals surface area contributed by atoms with Gasteiger partial charge in [-0.15, -0.1) is 0 Å². The molecular formula is C18H27N2O5+. The summed E-state index contributed by atoms with van der Waals surface area (Å²) in [7, 11) is 2.41. The number of ether oxygens (including phenoxy) is 2. The van der Waals surface area contributed by atoms with Crippen molar-refractivity contribution in [2.75, 3.05) is 14.2 Å². The van der Waals surface area contributed by atoms with Crippen molar-refractivity contribution in [3.05, 3.63) is 33.7 Å². The minimum Gasteiger partial charge on any atom is -0.465 e. The Morgan fingerprint density at radius 2 is 1.40 bits per heavy atom. The van der Waals surface area contributed by atoms with E-state index in [0.29, 0.717) is 0 Å². The number of hydrogen-bond acceptors (Lipinski definition) is 5. The van der Waals surface area contributed by atoms with Crippen LogP contribution >= 0.6 is 0 Å². The van der Waals surface area contributed by atoms with Crippen LogP contribution in [0.3, 0.4) is 0 Å². The SMILES string of the molecule is COC(=O)c1cn(C2CC(C)(C)[NH2+]C(C)(C)C2)cc(C(=O)OC)c1=O. The van der Waals surface area contributed by atoms with Crippen molar-refractivity contribution in [3.8, 4) is 0 Å². The summed E-state index contributed by atoms with van der Waals surface area (Å²) in [4.78, 5) is 36.4. The molecule has 1 aliphatic heterocycles. The zero-order chi connectivity index (χ0) is 19.0. The normalized spacial score (nSPS) is 19.3. The van der Waals surface area contributed by atoms with Crippen LogP contribution in [-0.2, 0) is 9.47 Å². The first-order chi connectivity index (χ1) is 11.5. The second kappa shape index (κ2) is 6.63. The van der Waals surface area contributed by atoms with Crippen LogP contribution in [0.2, 0.25) is 0 Å². The van der Waals surface area contributed by atoms with Gasteiger partial charge in [0, 0.05) is 31.3 Å². The van der Waals surface area contributed by atoms with Crippen LogP contribution in [0.25, 0.3) is 0 Å². The van der Waals surface area contributed by atoms with Crippen molar-refractivity contribution >= 4 is 11.9 Å². The lowest BCUT2D eigenvalue weighted by atomic mass is 9.79. The number of quaternary nitrogens is 1. The van der Waals surface area contributed by atoms with Crippen molar-refractivity contribution in [1.29, 1.82) is 0 Å². The number of nitrogens with two attached hydrogens (primary N) is 1. The molecule has 25 heavy (non-hydrogen) atoms. The van der Waals surface area contributed by atoms with E-state index in [1.165, 1.54) is 26.6 Å². The molecule has 0 spiro atoms. The molecule has 138 valence electrons. The molecule has 1 aromatic rings. The first-order valence-corrected chi connectivity index (χ1v) is 8.29. The lowest BCUT2D eigenvalue weighted by Gasteiger charge is -2.43. The molecule has 0 amide bonds. The Balaban J connectivity index is 2.59. The molecule has 2 heterocycles. The molecule has 1 aliphatic rings. The fourth-order valence-corrected chi connectivity index (χ4v) is 3.99. The number of methoxy groups -OCH3 is 2. The van der Waals surface area contributed by atoms with E-state index in [1.807, 2.05) is 0 Å². The van der Waals surface area contributed by atoms with Gasteiger partial charge >= 0.3 is 11.9 Å². The van der Waals surface area contributed by atoms with Crippen molar-refractivity contribution in [1.82, 2.24) is 4.57 Å². The maximum absolute atomic E-state index is 12.4. The van der Waals surface area contributed by atoms with Crippen LogP contribution in [0.1, 0.15) is 67.3 Å². The van der Waals surface area contributed by atoms with E-state index in [0.717, 1.165) is 12.8 Å². The van der Waals surface area contributed by atoms with E-state index in [1.54, 1.807) is 4.57 Å². The number of hydrogen-bond donors (Lipinski definition) is 1. The number of carbonyl (C=O) groups excluding carboxylic acids is 2. The average Bonchev–Trinajstić information content (AvgIpc) is 2.50. The fraction of sp³-hybridized carbons (Fsp3) is 0.611. The first kappa shape index (κ1) is 19.2. The second-order valence-electron chi connectivity index (χ2n) is 8.03. The van der Waals surface area contributed by atoms with Gasteiger partial charge in [-0.1, -0.05) is 0 Å². The predicted molar refractivity (Wildman–Crippen MR) is 91.7 cm³/mol. The van der Waals surface area contributed by atoms with E-state index >= 15 is 0 Å². The van der Waals surface area contributed by atoms with Gasteiger partial charge in [-0.2, -0.15) is 0 Å². The zero-order valence-electron chi connectivity index (χ0n) is 15.7. The lowest BCUT2D eigenvalue weighted by Crippen LogP contribution is -3.05. The molecule has 0 bridgehead atoms. The van der Waals surface area contributed by atoms with Crippen molar-refractivity contribution in [3.63, 3.8) is 0 Å². The molecule has 0 saturated carbocycles. The van der Waals surface area contributed by atoms with Gasteiger partial charge in [0.15, 0.2) is 0 Å². The Labute approximate surface area is 147 Å². The van der Waals surface area contributed by atoms with E-state index in [4.69, 9.17) is 9.47 Å². The van der Waals surface area contributed by atoms with Gasteiger partial charge in [0.1, 0.15) is 11.1 Å². The number of pyridine rings is 1. The fourth-order valence-electron chi connectivity index (χ4n) is 3.99. The molecule has 1 aromatic heterocycles. The number of piperidine rings is 1. The highest BCUT2D eigenvalue weighted by molar-refractivity contribution is 5.94. The van der Waals surface area contributed by atoms with Gasteiger partial charge in [-0.3, -0.25) is 4.79 Å². The van der Waals surface area contributed by atoms with Crippen LogP contribution in [0.4, 0.5) is 0 Å². The minimum absolute atomic E-state index is 0.00753. The molecule has 2 N–H and O–H groups in total. The molecule has 0 atom stereocenters. The van der Waals surface area contributed by atoms with Gasteiger partial charge in [-0.05, 0) is 27.7 Å². The topological polar surface area (TPSA) is 91.2 Å². The Morgan fingerprint density at radius 1 is 1.00 bits per heavy atom. The van der Waals surface area contributed by atoms with Crippen LogP contribution in [0.15, 0.2) is 17.2 Å². The summed E-state index contributed by atoms with van der Waals surface area (Å²) in [5.41, 5.74) is -0.999. The van der Waals surface area contributed by atoms with Crippen molar-refractivity contribution < 1.29 is 24.4 Å². The quantitative estimate of drug-likeness (QED) is 0.816. The molecule has 0 aliphatic carbocycles. The number of rotatable bonds is 3. The highest BCUT2D eigenvalue weighted by Crippen LogP contribution is 2.31. The zero-order valence-corrected chi connectivity index (χ0v) is 15.7. The largest absolute Gasteiger partial charge is 0.465 e. The number of carbonyl (C=O) groups is 2. The van der Waals surface area contributed by atoms with E-state index < -0.39 is 17.4 Å². The maximum atomic E-state index is 12.4. The minimum atomic E-state index is -0.759. The van der Waals surface area contributed by atoms with Gasteiger partial charge in [-0.25, -0.2) is 9.59 Å². The number of nitrogens with zero attached hydrogens (tertiary/aromatic N) is 1. The molecule has 7 nitrogen and oxygen atoms in total. The standard InChI is InChI=1S/C18H26N2O5/c1-17(2)7-11(8-18(3,4)19-17)20-9-12(15(22)24-5)14(21)13(10-20)16(23)25-6/h9-11,19H,7-8H2,1-6H3/p+1. The molecule has 1 fully saturated rings. The Kier molecular flexibility index (Phi) is 5.09. The highest BCUT2D eigenvalue weighted by atomic mass is 16.5. The van der Waals surface area contributed by atoms with Gasteiger partial charge in [0.2, 0.25) is 5.43 Å². The molecule has 7 heteroatoms. The Morgan fingerprint density at radius 3 is 1.76 bits per heavy atom. The van der Waals surface area contributed by atoms with Crippen molar-refractivity contribution in [2.45, 2.75) is 57.7 Å². The highest BCUT2D eigenvalue weighted by Gasteiger charge is 2.42. The third-order valence-corrected chi connectivity index (χ3v) is 4.58. The van der Waals surface area contributed by atoms with Gasteiger partial charge in [0.25, 0.3) is 0 Å². The third kappa shape index (κ3) is 4.10. The van der Waals surface area contributed by atoms with Crippen molar-refractivity contribution in [2.24, 2.45) is 0 Å². The Bertz CT molecular complexity index is 692.